The Morgan fingerprint density at radius 1 is 1.37 bits per heavy atom. The van der Waals surface area contributed by atoms with Crippen LogP contribution in [0.2, 0.25) is 0 Å². The van der Waals surface area contributed by atoms with E-state index in [2.05, 4.69) is 5.32 Å². The van der Waals surface area contributed by atoms with Gasteiger partial charge in [0.1, 0.15) is 12.0 Å². The first kappa shape index (κ1) is 21.9. The summed E-state index contributed by atoms with van der Waals surface area (Å²) in [5, 5.41) is 13.2. The maximum Gasteiger partial charge on any atom is 0.357 e. The number of fused-ring (bicyclic) bond motifs is 1. The van der Waals surface area contributed by atoms with Crippen LogP contribution in [-0.2, 0) is 25.7 Å². The third-order valence-corrected chi connectivity index (χ3v) is 6.95. The van der Waals surface area contributed by atoms with Crippen molar-refractivity contribution >= 4 is 47.0 Å². The monoisotopic (exact) mass is 449 g/mol. The number of nitro groups is 1. The molecule has 9 nitrogen and oxygen atoms in total. The molecule has 1 saturated heterocycles. The lowest BCUT2D eigenvalue weighted by atomic mass is 10.1. The molecule has 30 heavy (non-hydrogen) atoms. The normalized spacial score (nSPS) is 18.9. The predicted molar refractivity (Wildman–Crippen MR) is 113 cm³/mol. The van der Waals surface area contributed by atoms with Crippen LogP contribution in [0.4, 0.5) is 5.69 Å². The number of nitrogens with zero attached hydrogens (tertiary/aromatic N) is 2. The second-order valence-corrected chi connectivity index (χ2v) is 8.81. The first-order valence-electron chi connectivity index (χ1n) is 9.02. The van der Waals surface area contributed by atoms with Gasteiger partial charge in [0.15, 0.2) is 5.70 Å². The van der Waals surface area contributed by atoms with Crippen LogP contribution in [0.25, 0.3) is 0 Å². The smallest absolute Gasteiger partial charge is 0.357 e. The number of carbonyl (C=O) groups is 3. The van der Waals surface area contributed by atoms with Gasteiger partial charge in [-0.25, -0.2) is 4.79 Å². The van der Waals surface area contributed by atoms with Gasteiger partial charge in [-0.1, -0.05) is 17.8 Å². The molecule has 11 heteroatoms. The lowest BCUT2D eigenvalue weighted by Gasteiger charge is -2.37. The zero-order valence-electron chi connectivity index (χ0n) is 16.2. The van der Waals surface area contributed by atoms with Crippen LogP contribution < -0.4 is 5.32 Å². The van der Waals surface area contributed by atoms with Gasteiger partial charge in [0.25, 0.3) is 11.6 Å². The van der Waals surface area contributed by atoms with Crippen LogP contribution in [0.5, 0.6) is 0 Å². The molecular weight excluding hydrogens is 430 g/mol. The van der Waals surface area contributed by atoms with Gasteiger partial charge >= 0.3 is 5.97 Å². The molecule has 1 aromatic carbocycles. The molecule has 1 aromatic rings. The number of nitro benzene ring substituents is 1. The minimum Gasteiger partial charge on any atom is -0.456 e. The molecule has 2 aliphatic rings. The third kappa shape index (κ3) is 4.51. The molecule has 3 rings (SSSR count). The zero-order valence-corrected chi connectivity index (χ0v) is 17.9. The van der Waals surface area contributed by atoms with Gasteiger partial charge in [0.05, 0.1) is 9.16 Å². The maximum absolute atomic E-state index is 12.8. The molecule has 158 valence electrons. The number of carbonyl (C=O) groups excluding carboxylic acids is 3. The van der Waals surface area contributed by atoms with Crippen molar-refractivity contribution in [2.45, 2.75) is 25.8 Å². The number of benzene rings is 1. The van der Waals surface area contributed by atoms with E-state index in [1.54, 1.807) is 13.0 Å². The molecule has 0 aromatic heterocycles. The summed E-state index contributed by atoms with van der Waals surface area (Å²) in [7, 11) is 0. The third-order valence-electron chi connectivity index (χ3n) is 4.35. The summed E-state index contributed by atoms with van der Waals surface area (Å²) in [6.07, 6.45) is 1.74. The number of allylic oxidation sites excluding steroid dienone is 1. The Morgan fingerprint density at radius 3 is 2.67 bits per heavy atom. The Bertz CT molecular complexity index is 958. The van der Waals surface area contributed by atoms with E-state index in [0.717, 1.165) is 0 Å². The van der Waals surface area contributed by atoms with Gasteiger partial charge < -0.3 is 10.1 Å². The SMILES string of the molecule is CC=C1C(=O)N2C(C(=O)OCc3ccc([N+](=O)[O-])cc3)=C(SCCNC(C)=O)SC12. The highest BCUT2D eigenvalue weighted by molar-refractivity contribution is 8.22. The second-order valence-electron chi connectivity index (χ2n) is 6.36. The summed E-state index contributed by atoms with van der Waals surface area (Å²) in [5.41, 5.74) is 1.39. The molecule has 0 bridgehead atoms. The van der Waals surface area contributed by atoms with Crippen molar-refractivity contribution in [3.05, 3.63) is 61.5 Å². The van der Waals surface area contributed by atoms with Crippen molar-refractivity contribution in [2.75, 3.05) is 12.3 Å². The fraction of sp³-hybridized carbons (Fsp3) is 0.316. The molecule has 2 heterocycles. The van der Waals surface area contributed by atoms with Gasteiger partial charge in [0.2, 0.25) is 5.91 Å². The van der Waals surface area contributed by atoms with E-state index in [9.17, 15) is 24.5 Å². The maximum atomic E-state index is 12.8. The fourth-order valence-corrected chi connectivity index (χ4v) is 5.54. The van der Waals surface area contributed by atoms with Crippen molar-refractivity contribution in [1.29, 1.82) is 0 Å². The molecule has 0 saturated carbocycles. The average molecular weight is 450 g/mol. The van der Waals surface area contributed by atoms with E-state index in [0.29, 0.717) is 27.7 Å². The summed E-state index contributed by atoms with van der Waals surface area (Å²) in [6, 6.07) is 5.71. The molecule has 0 aliphatic carbocycles. The topological polar surface area (TPSA) is 119 Å². The zero-order chi connectivity index (χ0) is 21.8. The van der Waals surface area contributed by atoms with Crippen molar-refractivity contribution in [3.8, 4) is 0 Å². The van der Waals surface area contributed by atoms with Crippen LogP contribution >= 0.6 is 23.5 Å². The van der Waals surface area contributed by atoms with Gasteiger partial charge in [-0.3, -0.25) is 24.6 Å². The number of nitrogens with one attached hydrogen (secondary N) is 1. The van der Waals surface area contributed by atoms with E-state index in [1.807, 2.05) is 0 Å². The number of ether oxygens (including phenoxy) is 1. The summed E-state index contributed by atoms with van der Waals surface area (Å²) < 4.78 is 6.05. The number of β-lactam (4-membered cyclic amide) rings is 1. The molecule has 1 fully saturated rings. The van der Waals surface area contributed by atoms with Crippen LogP contribution in [0.1, 0.15) is 19.4 Å². The number of non-ortho nitro benzene ring substituents is 1. The minimum atomic E-state index is -0.631. The average Bonchev–Trinajstić information content (AvgIpc) is 3.04. The number of hydrogen-bond acceptors (Lipinski definition) is 8. The van der Waals surface area contributed by atoms with E-state index in [1.165, 1.54) is 59.6 Å². The lowest BCUT2D eigenvalue weighted by molar-refractivity contribution is -0.384. The van der Waals surface area contributed by atoms with Gasteiger partial charge in [-0.15, -0.1) is 11.8 Å². The van der Waals surface area contributed by atoms with Gasteiger partial charge in [-0.05, 0) is 24.6 Å². The largest absolute Gasteiger partial charge is 0.456 e. The molecule has 1 N–H and O–H groups in total. The number of amides is 2. The highest BCUT2D eigenvalue weighted by Crippen LogP contribution is 2.52. The highest BCUT2D eigenvalue weighted by Gasteiger charge is 2.52. The van der Waals surface area contributed by atoms with Gasteiger partial charge in [0, 0.05) is 36.9 Å². The molecule has 2 amide bonds. The first-order valence-corrected chi connectivity index (χ1v) is 10.9. The van der Waals surface area contributed by atoms with E-state index >= 15 is 0 Å². The Hall–Kier alpha value is -2.79. The van der Waals surface area contributed by atoms with Crippen LogP contribution in [0, 0.1) is 10.1 Å². The summed E-state index contributed by atoms with van der Waals surface area (Å²) in [6.45, 7) is 3.57. The Labute approximate surface area is 181 Å². The summed E-state index contributed by atoms with van der Waals surface area (Å²) >= 11 is 2.79. The van der Waals surface area contributed by atoms with Crippen LogP contribution in [-0.4, -0.2) is 45.3 Å². The van der Waals surface area contributed by atoms with E-state index < -0.39 is 10.9 Å². The van der Waals surface area contributed by atoms with Crippen molar-refractivity contribution < 1.29 is 24.0 Å². The van der Waals surface area contributed by atoms with Crippen molar-refractivity contribution in [3.63, 3.8) is 0 Å². The van der Waals surface area contributed by atoms with Crippen molar-refractivity contribution in [1.82, 2.24) is 10.2 Å². The first-order chi connectivity index (χ1) is 14.3. The molecular formula is C19H19N3O6S2. The van der Waals surface area contributed by atoms with Gasteiger partial charge in [-0.2, -0.15) is 0 Å². The molecule has 0 radical (unpaired) electrons. The second kappa shape index (κ2) is 9.35. The number of hydrogen-bond donors (Lipinski definition) is 1. The highest BCUT2D eigenvalue weighted by atomic mass is 32.2. The Kier molecular flexibility index (Phi) is 6.83. The molecule has 2 aliphatic heterocycles. The Balaban J connectivity index is 1.69. The standard InChI is InChI=1S/C19H19N3O6S2/c1-3-14-16(24)21-15(19(30-17(14)21)29-9-8-20-11(2)23)18(25)28-10-12-4-6-13(7-5-12)22(26)27/h3-7,17H,8-10H2,1-2H3,(H,20,23). The number of esters is 1. The lowest BCUT2D eigenvalue weighted by Crippen LogP contribution is -2.51. The quantitative estimate of drug-likeness (QED) is 0.161. The molecule has 0 spiro atoms. The predicted octanol–water partition coefficient (Wildman–Crippen LogP) is 2.54. The molecule has 1 unspecified atom stereocenters. The summed E-state index contributed by atoms with van der Waals surface area (Å²) in [4.78, 5) is 47.9. The Morgan fingerprint density at radius 2 is 2.07 bits per heavy atom. The van der Waals surface area contributed by atoms with Crippen molar-refractivity contribution in [2.24, 2.45) is 0 Å². The van der Waals surface area contributed by atoms with Crippen LogP contribution in [0.3, 0.4) is 0 Å². The molecule has 1 atom stereocenters. The minimum absolute atomic E-state index is 0.0502. The number of rotatable bonds is 8. The van der Waals surface area contributed by atoms with E-state index in [4.69, 9.17) is 4.74 Å². The summed E-state index contributed by atoms with van der Waals surface area (Å²) in [5.74, 6) is -0.453. The fourth-order valence-electron chi connectivity index (χ4n) is 2.87. The van der Waals surface area contributed by atoms with E-state index in [-0.39, 0.29) is 35.2 Å². The van der Waals surface area contributed by atoms with Crippen LogP contribution in [0.15, 0.2) is 45.8 Å². The number of thioether (sulfide) groups is 2.